The van der Waals surface area contributed by atoms with Crippen LogP contribution in [0.1, 0.15) is 38.5 Å². The summed E-state index contributed by atoms with van der Waals surface area (Å²) >= 11 is 0. The Bertz CT molecular complexity index is 858. The number of benzene rings is 1. The monoisotopic (exact) mass is 380 g/mol. The molecule has 1 aromatic carbocycles. The molecule has 1 saturated carbocycles. The highest BCUT2D eigenvalue weighted by Gasteiger charge is 2.27. The maximum Gasteiger partial charge on any atom is 0.271 e. The number of hydrogen-bond donors (Lipinski definition) is 0. The molecule has 1 saturated heterocycles. The van der Waals surface area contributed by atoms with Gasteiger partial charge in [0.05, 0.1) is 5.69 Å². The third-order valence-corrected chi connectivity index (χ3v) is 5.87. The van der Waals surface area contributed by atoms with E-state index in [0.717, 1.165) is 56.9 Å². The maximum atomic E-state index is 12.9. The zero-order valence-electron chi connectivity index (χ0n) is 16.3. The summed E-state index contributed by atoms with van der Waals surface area (Å²) in [6, 6.07) is 12.8. The number of amides is 1. The second-order valence-electron chi connectivity index (χ2n) is 7.78. The van der Waals surface area contributed by atoms with Crippen LogP contribution in [-0.4, -0.2) is 46.8 Å². The molecule has 1 aromatic heterocycles. The van der Waals surface area contributed by atoms with E-state index in [1.807, 2.05) is 35.2 Å². The molecule has 1 amide bonds. The molecule has 0 radical (unpaired) electrons. The van der Waals surface area contributed by atoms with Gasteiger partial charge in [-0.25, -0.2) is 0 Å². The normalized spacial score (nSPS) is 18.7. The van der Waals surface area contributed by atoms with Crippen LogP contribution < -0.4 is 10.5 Å². The van der Waals surface area contributed by atoms with Crippen LogP contribution in [0.25, 0.3) is 5.69 Å². The van der Waals surface area contributed by atoms with Crippen LogP contribution in [0.5, 0.6) is 0 Å². The van der Waals surface area contributed by atoms with Crippen molar-refractivity contribution in [3.8, 4) is 5.69 Å². The smallest absolute Gasteiger partial charge is 0.271 e. The molecule has 6 heteroatoms. The van der Waals surface area contributed by atoms with Gasteiger partial charge in [-0.1, -0.05) is 37.5 Å². The summed E-state index contributed by atoms with van der Waals surface area (Å²) in [5.74, 6) is 1.34. The molecular weight excluding hydrogens is 352 g/mol. The Labute approximate surface area is 165 Å². The molecule has 0 bridgehead atoms. The van der Waals surface area contributed by atoms with Crippen molar-refractivity contribution in [2.24, 2.45) is 5.92 Å². The van der Waals surface area contributed by atoms with Gasteiger partial charge in [-0.3, -0.25) is 9.59 Å². The molecular formula is C22H28N4O2. The van der Waals surface area contributed by atoms with Crippen LogP contribution >= 0.6 is 0 Å². The molecule has 148 valence electrons. The predicted molar refractivity (Wildman–Crippen MR) is 110 cm³/mol. The first-order chi connectivity index (χ1) is 13.7. The summed E-state index contributed by atoms with van der Waals surface area (Å²) in [5.41, 5.74) is 0.622. The Morgan fingerprint density at radius 1 is 0.857 bits per heavy atom. The van der Waals surface area contributed by atoms with Crippen LogP contribution in [0, 0.1) is 5.92 Å². The van der Waals surface area contributed by atoms with Gasteiger partial charge in [0.2, 0.25) is 5.91 Å². The zero-order chi connectivity index (χ0) is 19.3. The number of para-hydroxylation sites is 1. The Hall–Kier alpha value is -2.63. The van der Waals surface area contributed by atoms with Gasteiger partial charge < -0.3 is 9.80 Å². The van der Waals surface area contributed by atoms with Crippen molar-refractivity contribution in [2.45, 2.75) is 38.5 Å². The molecule has 4 rings (SSSR count). The number of anilines is 1. The Morgan fingerprint density at radius 3 is 2.43 bits per heavy atom. The fourth-order valence-electron chi connectivity index (χ4n) is 4.30. The average molecular weight is 380 g/mol. The molecule has 1 aliphatic carbocycles. The number of carbonyl (C=O) groups is 1. The number of rotatable bonds is 3. The van der Waals surface area contributed by atoms with E-state index in [1.165, 1.54) is 23.9 Å². The topological polar surface area (TPSA) is 58.4 Å². The first-order valence-electron chi connectivity index (χ1n) is 10.4. The number of carbonyl (C=O) groups excluding carboxylic acids is 1. The summed E-state index contributed by atoms with van der Waals surface area (Å²) in [6.45, 7) is 3.12. The van der Waals surface area contributed by atoms with E-state index in [-0.39, 0.29) is 11.5 Å². The van der Waals surface area contributed by atoms with Crippen molar-refractivity contribution in [3.63, 3.8) is 0 Å². The van der Waals surface area contributed by atoms with Crippen LogP contribution in [0.2, 0.25) is 0 Å². The molecule has 0 N–H and O–H groups in total. The second kappa shape index (κ2) is 8.59. The van der Waals surface area contributed by atoms with E-state index < -0.39 is 0 Å². The summed E-state index contributed by atoms with van der Waals surface area (Å²) in [4.78, 5) is 29.4. The standard InChI is InChI=1S/C22H28N4O2/c27-21-13-12-20(23-26(21)19-10-5-2-6-11-19)24-14-7-15-25(17-16-24)22(28)18-8-3-1-4-9-18/h2,5-6,10-13,18H,1,3-4,7-9,14-17H2. The number of aromatic nitrogens is 2. The lowest BCUT2D eigenvalue weighted by molar-refractivity contribution is -0.136. The summed E-state index contributed by atoms with van der Waals surface area (Å²) in [7, 11) is 0. The minimum atomic E-state index is -0.140. The quantitative estimate of drug-likeness (QED) is 0.822. The fraction of sp³-hybridized carbons (Fsp3) is 0.500. The van der Waals surface area contributed by atoms with E-state index >= 15 is 0 Å². The van der Waals surface area contributed by atoms with Gasteiger partial charge in [0.15, 0.2) is 0 Å². The minimum absolute atomic E-state index is 0.140. The molecule has 2 aromatic rings. The third kappa shape index (κ3) is 4.11. The molecule has 1 aliphatic heterocycles. The van der Waals surface area contributed by atoms with E-state index in [2.05, 4.69) is 10.00 Å². The Kier molecular flexibility index (Phi) is 5.74. The van der Waals surface area contributed by atoms with Crippen LogP contribution in [0.4, 0.5) is 5.82 Å². The lowest BCUT2D eigenvalue weighted by Crippen LogP contribution is -2.39. The molecule has 0 unspecified atom stereocenters. The van der Waals surface area contributed by atoms with Gasteiger partial charge in [-0.15, -0.1) is 5.10 Å². The molecule has 0 atom stereocenters. The van der Waals surface area contributed by atoms with Gasteiger partial charge in [0, 0.05) is 38.2 Å². The largest absolute Gasteiger partial charge is 0.353 e. The van der Waals surface area contributed by atoms with Crippen LogP contribution in [0.3, 0.4) is 0 Å². The zero-order valence-corrected chi connectivity index (χ0v) is 16.3. The lowest BCUT2D eigenvalue weighted by Gasteiger charge is -2.28. The third-order valence-electron chi connectivity index (χ3n) is 5.87. The Balaban J connectivity index is 1.47. The molecule has 2 heterocycles. The minimum Gasteiger partial charge on any atom is -0.353 e. The second-order valence-corrected chi connectivity index (χ2v) is 7.78. The van der Waals surface area contributed by atoms with Gasteiger partial charge in [-0.05, 0) is 37.5 Å². The average Bonchev–Trinajstić information content (AvgIpc) is 3.01. The van der Waals surface area contributed by atoms with Crippen molar-refractivity contribution >= 4 is 11.7 Å². The van der Waals surface area contributed by atoms with Crippen molar-refractivity contribution in [1.82, 2.24) is 14.7 Å². The van der Waals surface area contributed by atoms with Crippen molar-refractivity contribution in [1.29, 1.82) is 0 Å². The highest BCUT2D eigenvalue weighted by molar-refractivity contribution is 5.79. The molecule has 2 fully saturated rings. The number of nitrogens with zero attached hydrogens (tertiary/aromatic N) is 4. The lowest BCUT2D eigenvalue weighted by atomic mass is 9.88. The van der Waals surface area contributed by atoms with Gasteiger partial charge in [0.1, 0.15) is 5.82 Å². The van der Waals surface area contributed by atoms with Gasteiger partial charge >= 0.3 is 0 Å². The van der Waals surface area contributed by atoms with Crippen molar-refractivity contribution < 1.29 is 4.79 Å². The van der Waals surface area contributed by atoms with E-state index in [0.29, 0.717) is 5.91 Å². The first-order valence-corrected chi connectivity index (χ1v) is 10.4. The molecule has 0 spiro atoms. The fourth-order valence-corrected chi connectivity index (χ4v) is 4.30. The van der Waals surface area contributed by atoms with Gasteiger partial charge in [-0.2, -0.15) is 4.68 Å². The van der Waals surface area contributed by atoms with E-state index in [1.54, 1.807) is 12.1 Å². The van der Waals surface area contributed by atoms with Gasteiger partial charge in [0.25, 0.3) is 5.56 Å². The highest BCUT2D eigenvalue weighted by atomic mass is 16.2. The summed E-state index contributed by atoms with van der Waals surface area (Å²) in [6.07, 6.45) is 6.64. The van der Waals surface area contributed by atoms with Crippen LogP contribution in [0.15, 0.2) is 47.3 Å². The SMILES string of the molecule is O=C(C1CCCCC1)N1CCCN(c2ccc(=O)n(-c3ccccc3)n2)CC1. The first kappa shape index (κ1) is 18.7. The molecule has 2 aliphatic rings. The molecule has 28 heavy (non-hydrogen) atoms. The van der Waals surface area contributed by atoms with E-state index in [4.69, 9.17) is 0 Å². The summed E-state index contributed by atoms with van der Waals surface area (Å²) < 4.78 is 1.45. The maximum absolute atomic E-state index is 12.9. The predicted octanol–water partition coefficient (Wildman–Crippen LogP) is 2.85. The van der Waals surface area contributed by atoms with E-state index in [9.17, 15) is 9.59 Å². The molecule has 6 nitrogen and oxygen atoms in total. The Morgan fingerprint density at radius 2 is 1.64 bits per heavy atom. The van der Waals surface area contributed by atoms with Crippen molar-refractivity contribution in [2.75, 3.05) is 31.1 Å². The summed E-state index contributed by atoms with van der Waals surface area (Å²) in [5, 5.41) is 4.59. The van der Waals surface area contributed by atoms with Crippen molar-refractivity contribution in [3.05, 3.63) is 52.8 Å². The number of hydrogen-bond acceptors (Lipinski definition) is 4. The van der Waals surface area contributed by atoms with Crippen LogP contribution in [-0.2, 0) is 4.79 Å². The highest BCUT2D eigenvalue weighted by Crippen LogP contribution is 2.26.